The second kappa shape index (κ2) is 6.83. The van der Waals surface area contributed by atoms with Gasteiger partial charge in [0.25, 0.3) is 0 Å². The highest BCUT2D eigenvalue weighted by molar-refractivity contribution is 6.17. The lowest BCUT2D eigenvalue weighted by molar-refractivity contribution is 0.248. The monoisotopic (exact) mass is 284 g/mol. The molecule has 1 aromatic rings. The smallest absolute Gasteiger partial charge is 0.203 e. The van der Waals surface area contributed by atoms with E-state index in [4.69, 9.17) is 16.3 Å². The van der Waals surface area contributed by atoms with E-state index in [0.717, 1.165) is 6.42 Å². The molecule has 1 aromatic carbocycles. The second-order valence-corrected chi connectivity index (χ2v) is 4.40. The SMILES string of the molecule is CC(CCCl)CCOc1c(F)c(F)cc(F)c1F. The van der Waals surface area contributed by atoms with Crippen molar-refractivity contribution in [2.24, 2.45) is 5.92 Å². The van der Waals surface area contributed by atoms with Gasteiger partial charge >= 0.3 is 0 Å². The third-order valence-corrected chi connectivity index (χ3v) is 2.75. The molecule has 0 aromatic heterocycles. The zero-order valence-electron chi connectivity index (χ0n) is 9.78. The zero-order chi connectivity index (χ0) is 13.7. The maximum Gasteiger partial charge on any atom is 0.203 e. The van der Waals surface area contributed by atoms with Crippen LogP contribution in [0.1, 0.15) is 19.8 Å². The van der Waals surface area contributed by atoms with E-state index in [1.165, 1.54) is 0 Å². The van der Waals surface area contributed by atoms with Crippen LogP contribution in [0.3, 0.4) is 0 Å². The van der Waals surface area contributed by atoms with E-state index in [0.29, 0.717) is 12.3 Å². The van der Waals surface area contributed by atoms with Gasteiger partial charge in [0, 0.05) is 11.9 Å². The van der Waals surface area contributed by atoms with Gasteiger partial charge in [-0.25, -0.2) is 8.78 Å². The summed E-state index contributed by atoms with van der Waals surface area (Å²) in [6.07, 6.45) is 1.22. The molecular formula is C12H13ClF4O. The van der Waals surface area contributed by atoms with E-state index in [1.54, 1.807) is 0 Å². The molecular weight excluding hydrogens is 272 g/mol. The molecule has 102 valence electrons. The molecule has 0 aliphatic rings. The molecule has 0 radical (unpaired) electrons. The molecule has 0 aliphatic heterocycles. The Hall–Kier alpha value is -0.970. The van der Waals surface area contributed by atoms with Crippen molar-refractivity contribution in [2.75, 3.05) is 12.5 Å². The van der Waals surface area contributed by atoms with Crippen LogP contribution in [0.5, 0.6) is 5.75 Å². The van der Waals surface area contributed by atoms with Gasteiger partial charge in [-0.2, -0.15) is 8.78 Å². The van der Waals surface area contributed by atoms with Gasteiger partial charge in [-0.1, -0.05) is 6.92 Å². The number of hydrogen-bond acceptors (Lipinski definition) is 1. The van der Waals surface area contributed by atoms with E-state index in [1.807, 2.05) is 6.92 Å². The minimum Gasteiger partial charge on any atom is -0.487 e. The topological polar surface area (TPSA) is 9.23 Å². The fourth-order valence-electron chi connectivity index (χ4n) is 1.37. The van der Waals surface area contributed by atoms with Crippen LogP contribution in [0.4, 0.5) is 17.6 Å². The van der Waals surface area contributed by atoms with Crippen molar-refractivity contribution >= 4 is 11.6 Å². The highest BCUT2D eigenvalue weighted by Gasteiger charge is 2.20. The fourth-order valence-corrected chi connectivity index (χ4v) is 1.74. The Morgan fingerprint density at radius 3 is 2.17 bits per heavy atom. The summed E-state index contributed by atoms with van der Waals surface area (Å²) in [5.41, 5.74) is 0. The molecule has 1 unspecified atom stereocenters. The zero-order valence-corrected chi connectivity index (χ0v) is 10.5. The second-order valence-electron chi connectivity index (χ2n) is 4.02. The molecule has 18 heavy (non-hydrogen) atoms. The summed E-state index contributed by atoms with van der Waals surface area (Å²) in [7, 11) is 0. The Morgan fingerprint density at radius 1 is 1.11 bits per heavy atom. The van der Waals surface area contributed by atoms with Gasteiger partial charge in [0.2, 0.25) is 11.6 Å². The molecule has 0 saturated carbocycles. The summed E-state index contributed by atoms with van der Waals surface area (Å²) >= 11 is 5.52. The molecule has 0 fully saturated rings. The van der Waals surface area contributed by atoms with Gasteiger partial charge in [-0.15, -0.1) is 11.6 Å². The average molecular weight is 285 g/mol. The van der Waals surface area contributed by atoms with Gasteiger partial charge in [-0.3, -0.25) is 0 Å². The fraction of sp³-hybridized carbons (Fsp3) is 0.500. The van der Waals surface area contributed by atoms with E-state index in [9.17, 15) is 17.6 Å². The van der Waals surface area contributed by atoms with Gasteiger partial charge in [0.1, 0.15) is 0 Å². The van der Waals surface area contributed by atoms with Crippen LogP contribution in [-0.4, -0.2) is 12.5 Å². The molecule has 0 aliphatic carbocycles. The van der Waals surface area contributed by atoms with Crippen molar-refractivity contribution < 1.29 is 22.3 Å². The average Bonchev–Trinajstić information content (AvgIpc) is 2.31. The third-order valence-electron chi connectivity index (χ3n) is 2.53. The third kappa shape index (κ3) is 3.77. The predicted octanol–water partition coefficient (Wildman–Crippen LogP) is 4.28. The van der Waals surface area contributed by atoms with E-state index in [2.05, 4.69) is 0 Å². The first-order valence-electron chi connectivity index (χ1n) is 5.49. The van der Waals surface area contributed by atoms with Crippen molar-refractivity contribution in [3.05, 3.63) is 29.3 Å². The van der Waals surface area contributed by atoms with Crippen molar-refractivity contribution in [1.82, 2.24) is 0 Å². The molecule has 1 nitrogen and oxygen atoms in total. The summed E-state index contributed by atoms with van der Waals surface area (Å²) in [4.78, 5) is 0. The Labute approximate surface area is 108 Å². The van der Waals surface area contributed by atoms with Crippen LogP contribution >= 0.6 is 11.6 Å². The minimum atomic E-state index is -1.51. The van der Waals surface area contributed by atoms with Crippen LogP contribution in [0.25, 0.3) is 0 Å². The highest BCUT2D eigenvalue weighted by Crippen LogP contribution is 2.26. The summed E-state index contributed by atoms with van der Waals surface area (Å²) < 4.78 is 56.8. The van der Waals surface area contributed by atoms with Gasteiger partial charge in [-0.05, 0) is 18.8 Å². The lowest BCUT2D eigenvalue weighted by Crippen LogP contribution is -2.08. The number of halogens is 5. The molecule has 6 heteroatoms. The minimum absolute atomic E-state index is 0.0329. The van der Waals surface area contributed by atoms with Crippen LogP contribution in [-0.2, 0) is 0 Å². The van der Waals surface area contributed by atoms with Crippen molar-refractivity contribution in [1.29, 1.82) is 0 Å². The Balaban J connectivity index is 2.67. The van der Waals surface area contributed by atoms with E-state index < -0.39 is 29.0 Å². The first kappa shape index (κ1) is 15.1. The Kier molecular flexibility index (Phi) is 5.72. The Morgan fingerprint density at radius 2 is 1.67 bits per heavy atom. The molecule has 0 N–H and O–H groups in total. The van der Waals surface area contributed by atoms with Crippen molar-refractivity contribution in [2.45, 2.75) is 19.8 Å². The lowest BCUT2D eigenvalue weighted by Gasteiger charge is -2.12. The summed E-state index contributed by atoms with van der Waals surface area (Å²) in [5, 5.41) is 0. The highest BCUT2D eigenvalue weighted by atomic mass is 35.5. The maximum atomic E-state index is 13.2. The molecule has 1 atom stereocenters. The first-order chi connectivity index (χ1) is 8.47. The van der Waals surface area contributed by atoms with Gasteiger partial charge in [0.05, 0.1) is 6.61 Å². The predicted molar refractivity (Wildman–Crippen MR) is 60.9 cm³/mol. The Bertz CT molecular complexity index is 385. The number of alkyl halides is 1. The molecule has 0 heterocycles. The first-order valence-corrected chi connectivity index (χ1v) is 6.02. The number of benzene rings is 1. The van der Waals surface area contributed by atoms with Gasteiger partial charge < -0.3 is 4.74 Å². The van der Waals surface area contributed by atoms with Crippen LogP contribution < -0.4 is 4.74 Å². The quantitative estimate of drug-likeness (QED) is 0.430. The van der Waals surface area contributed by atoms with Gasteiger partial charge in [0.15, 0.2) is 17.4 Å². The molecule has 0 saturated heterocycles. The summed E-state index contributed by atoms with van der Waals surface area (Å²) in [6, 6.07) is 0.146. The molecule has 1 rings (SSSR count). The molecule has 0 amide bonds. The summed E-state index contributed by atoms with van der Waals surface area (Å²) in [5.74, 6) is -6.32. The van der Waals surface area contributed by atoms with Crippen molar-refractivity contribution in [3.8, 4) is 5.75 Å². The maximum absolute atomic E-state index is 13.2. The summed E-state index contributed by atoms with van der Waals surface area (Å²) in [6.45, 7) is 1.86. The van der Waals surface area contributed by atoms with Crippen molar-refractivity contribution in [3.63, 3.8) is 0 Å². The van der Waals surface area contributed by atoms with E-state index in [-0.39, 0.29) is 18.6 Å². The van der Waals surface area contributed by atoms with Crippen LogP contribution in [0.15, 0.2) is 6.07 Å². The lowest BCUT2D eigenvalue weighted by atomic mass is 10.1. The normalized spacial score (nSPS) is 12.6. The van der Waals surface area contributed by atoms with E-state index >= 15 is 0 Å². The molecule has 0 spiro atoms. The molecule has 0 bridgehead atoms. The van der Waals surface area contributed by atoms with Crippen LogP contribution in [0.2, 0.25) is 0 Å². The number of rotatable bonds is 6. The van der Waals surface area contributed by atoms with Crippen LogP contribution in [0, 0.1) is 29.2 Å². The standard InChI is InChI=1S/C12H13ClF4O/c1-7(2-4-13)3-5-18-12-10(16)8(14)6-9(15)11(12)17/h6-7H,2-5H2,1H3. The largest absolute Gasteiger partial charge is 0.487 e. The number of ether oxygens (including phenoxy) is 1. The number of hydrogen-bond donors (Lipinski definition) is 0.